The van der Waals surface area contributed by atoms with Gasteiger partial charge in [-0.3, -0.25) is 4.79 Å². The first-order valence-electron chi connectivity index (χ1n) is 23.3. The number of aliphatic hydroxyl groups is 3. The molecule has 1 amide bonds. The number of aliphatic hydroxyl groups excluding tert-OH is 3. The summed E-state index contributed by atoms with van der Waals surface area (Å²) in [5, 5.41) is 33.3. The molecule has 0 saturated heterocycles. The van der Waals surface area contributed by atoms with Crippen LogP contribution in [0.4, 0.5) is 0 Å². The average Bonchev–Trinajstić information content (AvgIpc) is 3.13. The number of amides is 1. The molecule has 0 saturated carbocycles. The molecular formula is C46H93NO4. The molecule has 0 aliphatic heterocycles. The van der Waals surface area contributed by atoms with Gasteiger partial charge in [0.15, 0.2) is 0 Å². The number of hydrogen-bond donors (Lipinski definition) is 4. The minimum absolute atomic E-state index is 0.308. The molecule has 0 aliphatic rings. The SMILES string of the molecule is CCCCCCCCCCCCCCCCCCCCCCCCCCCCC(O)C(=O)NC(CO)C(O)CCCCCCCCCCCCC. The Labute approximate surface area is 319 Å². The molecule has 0 radical (unpaired) electrons. The molecule has 0 heterocycles. The van der Waals surface area contributed by atoms with E-state index in [1.807, 2.05) is 0 Å². The molecule has 0 aliphatic carbocycles. The molecule has 5 nitrogen and oxygen atoms in total. The van der Waals surface area contributed by atoms with Crippen LogP contribution in [0.3, 0.4) is 0 Å². The summed E-state index contributed by atoms with van der Waals surface area (Å²) in [5.74, 6) is -0.466. The maximum absolute atomic E-state index is 12.5. The van der Waals surface area contributed by atoms with E-state index in [1.165, 1.54) is 205 Å². The van der Waals surface area contributed by atoms with Crippen LogP contribution in [-0.2, 0) is 4.79 Å². The Bertz CT molecular complexity index is 674. The second-order valence-corrected chi connectivity index (χ2v) is 16.3. The summed E-state index contributed by atoms with van der Waals surface area (Å²) in [6.07, 6.45) is 48.4. The molecule has 3 atom stereocenters. The van der Waals surface area contributed by atoms with Gasteiger partial charge in [0, 0.05) is 0 Å². The Kier molecular flexibility index (Phi) is 41.6. The highest BCUT2D eigenvalue weighted by Gasteiger charge is 2.23. The largest absolute Gasteiger partial charge is 0.394 e. The third-order valence-electron chi connectivity index (χ3n) is 11.2. The van der Waals surface area contributed by atoms with Gasteiger partial charge in [0.05, 0.1) is 18.8 Å². The normalized spacial score (nSPS) is 13.4. The number of unbranched alkanes of at least 4 members (excludes halogenated alkanes) is 35. The molecule has 0 fully saturated rings. The first-order chi connectivity index (χ1) is 25.1. The van der Waals surface area contributed by atoms with Crippen molar-refractivity contribution in [3.8, 4) is 0 Å². The summed E-state index contributed by atoms with van der Waals surface area (Å²) < 4.78 is 0. The molecular weight excluding hydrogens is 631 g/mol. The van der Waals surface area contributed by atoms with E-state index in [0.717, 1.165) is 32.1 Å². The fraction of sp³-hybridized carbons (Fsp3) is 0.978. The molecule has 306 valence electrons. The zero-order valence-corrected chi connectivity index (χ0v) is 34.8. The predicted octanol–water partition coefficient (Wildman–Crippen LogP) is 13.4. The number of nitrogens with one attached hydrogen (secondary N) is 1. The van der Waals surface area contributed by atoms with Gasteiger partial charge >= 0.3 is 0 Å². The zero-order chi connectivity index (χ0) is 37.3. The van der Waals surface area contributed by atoms with E-state index in [4.69, 9.17) is 0 Å². The molecule has 0 bridgehead atoms. The van der Waals surface area contributed by atoms with Crippen LogP contribution in [0.1, 0.15) is 264 Å². The van der Waals surface area contributed by atoms with Crippen LogP contribution < -0.4 is 5.32 Å². The second kappa shape index (κ2) is 42.1. The Morgan fingerprint density at radius 1 is 0.392 bits per heavy atom. The summed E-state index contributed by atoms with van der Waals surface area (Å²) in [7, 11) is 0. The van der Waals surface area contributed by atoms with E-state index in [2.05, 4.69) is 19.2 Å². The van der Waals surface area contributed by atoms with Crippen molar-refractivity contribution in [2.45, 2.75) is 283 Å². The van der Waals surface area contributed by atoms with Crippen molar-refractivity contribution in [2.24, 2.45) is 0 Å². The van der Waals surface area contributed by atoms with E-state index >= 15 is 0 Å². The molecule has 51 heavy (non-hydrogen) atoms. The zero-order valence-electron chi connectivity index (χ0n) is 34.8. The predicted molar refractivity (Wildman–Crippen MR) is 222 cm³/mol. The maximum Gasteiger partial charge on any atom is 0.249 e. The van der Waals surface area contributed by atoms with Crippen molar-refractivity contribution in [2.75, 3.05) is 6.61 Å². The van der Waals surface area contributed by atoms with Crippen LogP contribution in [0.2, 0.25) is 0 Å². The van der Waals surface area contributed by atoms with E-state index in [-0.39, 0.29) is 6.61 Å². The van der Waals surface area contributed by atoms with Crippen molar-refractivity contribution in [1.82, 2.24) is 5.32 Å². The van der Waals surface area contributed by atoms with E-state index in [1.54, 1.807) is 0 Å². The highest BCUT2D eigenvalue weighted by molar-refractivity contribution is 5.80. The lowest BCUT2D eigenvalue weighted by molar-refractivity contribution is -0.131. The van der Waals surface area contributed by atoms with Crippen molar-refractivity contribution < 1.29 is 20.1 Å². The van der Waals surface area contributed by atoms with Gasteiger partial charge < -0.3 is 20.6 Å². The molecule has 0 aromatic rings. The van der Waals surface area contributed by atoms with Crippen LogP contribution in [0.25, 0.3) is 0 Å². The third-order valence-corrected chi connectivity index (χ3v) is 11.2. The van der Waals surface area contributed by atoms with Crippen molar-refractivity contribution in [3.63, 3.8) is 0 Å². The number of hydrogen-bond acceptors (Lipinski definition) is 4. The fourth-order valence-electron chi connectivity index (χ4n) is 7.55. The topological polar surface area (TPSA) is 89.8 Å². The minimum atomic E-state index is -1.07. The standard InChI is InChI=1S/C46H93NO4/c1-3-5-7-9-11-13-15-16-17-18-19-20-21-22-23-24-25-26-27-28-29-31-33-35-37-39-41-45(50)46(51)47-43(42-48)44(49)40-38-36-34-32-30-14-12-10-8-6-4-2/h43-45,48-50H,3-42H2,1-2H3,(H,47,51). The Hall–Kier alpha value is -0.650. The fourth-order valence-corrected chi connectivity index (χ4v) is 7.55. The summed E-state index contributed by atoms with van der Waals surface area (Å²) in [5.41, 5.74) is 0. The van der Waals surface area contributed by atoms with Crippen LogP contribution in [0, 0.1) is 0 Å². The monoisotopic (exact) mass is 724 g/mol. The minimum Gasteiger partial charge on any atom is -0.394 e. The van der Waals surface area contributed by atoms with Gasteiger partial charge in [-0.25, -0.2) is 0 Å². The van der Waals surface area contributed by atoms with Crippen LogP contribution in [0.5, 0.6) is 0 Å². The van der Waals surface area contributed by atoms with Gasteiger partial charge in [-0.2, -0.15) is 0 Å². The Morgan fingerprint density at radius 3 is 0.882 bits per heavy atom. The summed E-state index contributed by atoms with van der Waals surface area (Å²) in [6.45, 7) is 4.24. The molecule has 0 aromatic heterocycles. The van der Waals surface area contributed by atoms with E-state index in [9.17, 15) is 20.1 Å². The highest BCUT2D eigenvalue weighted by Crippen LogP contribution is 2.17. The van der Waals surface area contributed by atoms with Gasteiger partial charge in [-0.15, -0.1) is 0 Å². The van der Waals surface area contributed by atoms with Gasteiger partial charge in [-0.1, -0.05) is 251 Å². The van der Waals surface area contributed by atoms with Gasteiger partial charge in [0.25, 0.3) is 0 Å². The molecule has 0 rings (SSSR count). The lowest BCUT2D eigenvalue weighted by Gasteiger charge is -2.23. The third kappa shape index (κ3) is 37.5. The summed E-state index contributed by atoms with van der Waals surface area (Å²) in [6, 6.07) is -0.704. The molecule has 4 N–H and O–H groups in total. The molecule has 0 aromatic carbocycles. The van der Waals surface area contributed by atoms with E-state index in [0.29, 0.717) is 12.8 Å². The van der Waals surface area contributed by atoms with Crippen LogP contribution in [0.15, 0.2) is 0 Å². The number of carbonyl (C=O) groups excluding carboxylic acids is 1. The van der Waals surface area contributed by atoms with Crippen molar-refractivity contribution in [3.05, 3.63) is 0 Å². The van der Waals surface area contributed by atoms with Crippen molar-refractivity contribution >= 4 is 5.91 Å². The highest BCUT2D eigenvalue weighted by atomic mass is 16.3. The molecule has 5 heteroatoms. The van der Waals surface area contributed by atoms with Gasteiger partial charge in [0.1, 0.15) is 6.10 Å². The summed E-state index contributed by atoms with van der Waals surface area (Å²) >= 11 is 0. The maximum atomic E-state index is 12.5. The molecule has 0 spiro atoms. The Balaban J connectivity index is 3.48. The average molecular weight is 724 g/mol. The number of rotatable bonds is 43. The first kappa shape index (κ1) is 50.4. The van der Waals surface area contributed by atoms with Crippen LogP contribution >= 0.6 is 0 Å². The molecule has 3 unspecified atom stereocenters. The van der Waals surface area contributed by atoms with Crippen molar-refractivity contribution in [1.29, 1.82) is 0 Å². The second-order valence-electron chi connectivity index (χ2n) is 16.3. The quantitative estimate of drug-likeness (QED) is 0.0472. The Morgan fingerprint density at radius 2 is 0.627 bits per heavy atom. The lowest BCUT2D eigenvalue weighted by atomic mass is 10.0. The smallest absolute Gasteiger partial charge is 0.249 e. The van der Waals surface area contributed by atoms with Gasteiger partial charge in [-0.05, 0) is 12.8 Å². The first-order valence-corrected chi connectivity index (χ1v) is 23.3. The van der Waals surface area contributed by atoms with Crippen LogP contribution in [-0.4, -0.2) is 46.1 Å². The van der Waals surface area contributed by atoms with Gasteiger partial charge in [0.2, 0.25) is 5.91 Å². The number of carbonyl (C=O) groups is 1. The van der Waals surface area contributed by atoms with E-state index < -0.39 is 24.2 Å². The summed E-state index contributed by atoms with van der Waals surface area (Å²) in [4.78, 5) is 12.5. The lowest BCUT2D eigenvalue weighted by Crippen LogP contribution is -2.49.